The highest BCUT2D eigenvalue weighted by Crippen LogP contribution is 2.34. The summed E-state index contributed by atoms with van der Waals surface area (Å²) in [5, 5.41) is 3.51. The Bertz CT molecular complexity index is 613. The Morgan fingerprint density at radius 3 is 2.70 bits per heavy atom. The van der Waals surface area contributed by atoms with Gasteiger partial charge < -0.3 is 5.32 Å². The van der Waals surface area contributed by atoms with Gasteiger partial charge in [-0.05, 0) is 42.7 Å². The summed E-state index contributed by atoms with van der Waals surface area (Å²) in [5.41, 5.74) is 1.22. The number of halogens is 2. The van der Waals surface area contributed by atoms with Crippen LogP contribution in [0.1, 0.15) is 18.4 Å². The largest absolute Gasteiger partial charge is 0.310 e. The Balaban J connectivity index is 1.82. The van der Waals surface area contributed by atoms with Crippen molar-refractivity contribution in [1.82, 2.24) is 5.32 Å². The molecule has 1 N–H and O–H groups in total. The zero-order valence-corrected chi connectivity index (χ0v) is 13.3. The molecule has 0 saturated heterocycles. The molecular formula is C16H15BrFNS. The number of benzene rings is 2. The van der Waals surface area contributed by atoms with Crippen LogP contribution in [0.3, 0.4) is 0 Å². The molecule has 1 aliphatic carbocycles. The van der Waals surface area contributed by atoms with Gasteiger partial charge in [-0.25, -0.2) is 4.39 Å². The fourth-order valence-electron chi connectivity index (χ4n) is 1.96. The van der Waals surface area contributed by atoms with Crippen LogP contribution >= 0.6 is 27.7 Å². The van der Waals surface area contributed by atoms with Gasteiger partial charge in [-0.1, -0.05) is 45.9 Å². The van der Waals surface area contributed by atoms with Crippen molar-refractivity contribution in [1.29, 1.82) is 0 Å². The van der Waals surface area contributed by atoms with E-state index < -0.39 is 0 Å². The van der Waals surface area contributed by atoms with Gasteiger partial charge in [0, 0.05) is 26.9 Å². The van der Waals surface area contributed by atoms with Gasteiger partial charge >= 0.3 is 0 Å². The quantitative estimate of drug-likeness (QED) is 0.814. The van der Waals surface area contributed by atoms with Gasteiger partial charge in [0.1, 0.15) is 5.82 Å². The molecule has 0 spiro atoms. The van der Waals surface area contributed by atoms with Gasteiger partial charge in [-0.3, -0.25) is 0 Å². The maximum absolute atomic E-state index is 13.8. The monoisotopic (exact) mass is 351 g/mol. The lowest BCUT2D eigenvalue weighted by Gasteiger charge is -2.11. The molecule has 1 nitrogen and oxygen atoms in total. The molecule has 1 aliphatic rings. The molecule has 0 heterocycles. The SMILES string of the molecule is Fc1ccccc1Sc1cc(Br)ccc1CNC1CC1. The fraction of sp³-hybridized carbons (Fsp3) is 0.250. The van der Waals surface area contributed by atoms with E-state index in [1.165, 1.54) is 36.2 Å². The second-order valence-electron chi connectivity index (χ2n) is 4.94. The van der Waals surface area contributed by atoms with E-state index >= 15 is 0 Å². The molecule has 0 amide bonds. The number of rotatable bonds is 5. The van der Waals surface area contributed by atoms with Crippen molar-refractivity contribution in [2.75, 3.05) is 0 Å². The van der Waals surface area contributed by atoms with Crippen LogP contribution in [0.4, 0.5) is 4.39 Å². The van der Waals surface area contributed by atoms with E-state index in [2.05, 4.69) is 33.4 Å². The molecule has 0 aromatic heterocycles. The minimum atomic E-state index is -0.168. The van der Waals surface area contributed by atoms with Gasteiger partial charge in [-0.2, -0.15) is 0 Å². The van der Waals surface area contributed by atoms with Crippen molar-refractivity contribution in [2.24, 2.45) is 0 Å². The first-order valence-electron chi connectivity index (χ1n) is 6.66. The average molecular weight is 352 g/mol. The molecule has 0 atom stereocenters. The van der Waals surface area contributed by atoms with Crippen molar-refractivity contribution >= 4 is 27.7 Å². The van der Waals surface area contributed by atoms with E-state index in [1.54, 1.807) is 6.07 Å². The lowest BCUT2D eigenvalue weighted by Crippen LogP contribution is -2.15. The molecular weight excluding hydrogens is 337 g/mol. The molecule has 1 saturated carbocycles. The third kappa shape index (κ3) is 3.62. The van der Waals surface area contributed by atoms with E-state index in [9.17, 15) is 4.39 Å². The second kappa shape index (κ2) is 6.29. The van der Waals surface area contributed by atoms with Crippen LogP contribution in [0, 0.1) is 5.82 Å². The van der Waals surface area contributed by atoms with E-state index in [0.29, 0.717) is 10.9 Å². The Morgan fingerprint density at radius 1 is 1.15 bits per heavy atom. The minimum Gasteiger partial charge on any atom is -0.310 e. The van der Waals surface area contributed by atoms with Crippen molar-refractivity contribution in [2.45, 2.75) is 35.2 Å². The summed E-state index contributed by atoms with van der Waals surface area (Å²) in [7, 11) is 0. The Kier molecular flexibility index (Phi) is 4.44. The third-order valence-electron chi connectivity index (χ3n) is 3.24. The molecule has 2 aromatic carbocycles. The van der Waals surface area contributed by atoms with Crippen LogP contribution in [0.25, 0.3) is 0 Å². The van der Waals surface area contributed by atoms with Gasteiger partial charge in [0.05, 0.1) is 0 Å². The second-order valence-corrected chi connectivity index (χ2v) is 6.94. The first-order chi connectivity index (χ1) is 9.72. The Labute approximate surface area is 131 Å². The van der Waals surface area contributed by atoms with Gasteiger partial charge in [0.2, 0.25) is 0 Å². The summed E-state index contributed by atoms with van der Waals surface area (Å²) in [4.78, 5) is 1.76. The topological polar surface area (TPSA) is 12.0 Å². The minimum absolute atomic E-state index is 0.168. The normalized spacial score (nSPS) is 14.5. The lowest BCUT2D eigenvalue weighted by molar-refractivity contribution is 0.602. The number of hydrogen-bond acceptors (Lipinski definition) is 2. The maximum atomic E-state index is 13.8. The van der Waals surface area contributed by atoms with E-state index in [0.717, 1.165) is 15.9 Å². The standard InChI is InChI=1S/C16H15BrFNS/c17-12-6-5-11(10-19-13-7-8-13)16(9-12)20-15-4-2-1-3-14(15)18/h1-6,9,13,19H,7-8,10H2. The van der Waals surface area contributed by atoms with E-state index in [1.807, 2.05) is 18.2 Å². The van der Waals surface area contributed by atoms with Crippen molar-refractivity contribution in [3.05, 3.63) is 58.3 Å². The van der Waals surface area contributed by atoms with Crippen LogP contribution in [0.5, 0.6) is 0 Å². The predicted octanol–water partition coefficient (Wildman–Crippen LogP) is 4.99. The van der Waals surface area contributed by atoms with Crippen LogP contribution in [0.2, 0.25) is 0 Å². The van der Waals surface area contributed by atoms with Crippen molar-refractivity contribution in [3.63, 3.8) is 0 Å². The zero-order chi connectivity index (χ0) is 13.9. The molecule has 0 radical (unpaired) electrons. The first kappa shape index (κ1) is 14.1. The highest BCUT2D eigenvalue weighted by Gasteiger charge is 2.20. The number of nitrogens with one attached hydrogen (secondary N) is 1. The zero-order valence-electron chi connectivity index (χ0n) is 10.9. The Hall–Kier alpha value is -0.840. The van der Waals surface area contributed by atoms with Crippen LogP contribution in [0.15, 0.2) is 56.7 Å². The summed E-state index contributed by atoms with van der Waals surface area (Å²) in [6.45, 7) is 0.842. The maximum Gasteiger partial charge on any atom is 0.137 e. The molecule has 0 bridgehead atoms. The summed E-state index contributed by atoms with van der Waals surface area (Å²) in [5.74, 6) is -0.168. The van der Waals surface area contributed by atoms with Crippen LogP contribution in [-0.2, 0) is 6.54 Å². The molecule has 2 aromatic rings. The molecule has 104 valence electrons. The average Bonchev–Trinajstić information content (AvgIpc) is 3.25. The number of hydrogen-bond donors (Lipinski definition) is 1. The van der Waals surface area contributed by atoms with Crippen LogP contribution < -0.4 is 5.32 Å². The van der Waals surface area contributed by atoms with Gasteiger partial charge in [0.25, 0.3) is 0 Å². The first-order valence-corrected chi connectivity index (χ1v) is 8.27. The van der Waals surface area contributed by atoms with Crippen molar-refractivity contribution in [3.8, 4) is 0 Å². The van der Waals surface area contributed by atoms with E-state index in [4.69, 9.17) is 0 Å². The smallest absolute Gasteiger partial charge is 0.137 e. The third-order valence-corrected chi connectivity index (χ3v) is 4.89. The molecule has 4 heteroatoms. The fourth-order valence-corrected chi connectivity index (χ4v) is 3.48. The van der Waals surface area contributed by atoms with Crippen LogP contribution in [-0.4, -0.2) is 6.04 Å². The molecule has 0 unspecified atom stereocenters. The molecule has 0 aliphatic heterocycles. The lowest BCUT2D eigenvalue weighted by atomic mass is 10.2. The predicted molar refractivity (Wildman–Crippen MR) is 84.5 cm³/mol. The summed E-state index contributed by atoms with van der Waals surface area (Å²) in [6, 6.07) is 13.8. The van der Waals surface area contributed by atoms with Gasteiger partial charge in [-0.15, -0.1) is 0 Å². The van der Waals surface area contributed by atoms with Gasteiger partial charge in [0.15, 0.2) is 0 Å². The summed E-state index contributed by atoms with van der Waals surface area (Å²) < 4.78 is 14.8. The highest BCUT2D eigenvalue weighted by molar-refractivity contribution is 9.10. The van der Waals surface area contributed by atoms with Crippen molar-refractivity contribution < 1.29 is 4.39 Å². The molecule has 20 heavy (non-hydrogen) atoms. The Morgan fingerprint density at radius 2 is 1.95 bits per heavy atom. The summed E-state index contributed by atoms with van der Waals surface area (Å²) >= 11 is 4.98. The molecule has 1 fully saturated rings. The van der Waals surface area contributed by atoms with E-state index in [-0.39, 0.29) is 5.82 Å². The summed E-state index contributed by atoms with van der Waals surface area (Å²) in [6.07, 6.45) is 2.54. The highest BCUT2D eigenvalue weighted by atomic mass is 79.9. The molecule has 3 rings (SSSR count).